The summed E-state index contributed by atoms with van der Waals surface area (Å²) in [6.07, 6.45) is 12.0. The largest absolute Gasteiger partial charge is 0.309 e. The minimum atomic E-state index is -0.0754. The van der Waals surface area contributed by atoms with E-state index in [1.54, 1.807) is 0 Å². The summed E-state index contributed by atoms with van der Waals surface area (Å²) in [7, 11) is 0. The Morgan fingerprint density at radius 3 is 2.21 bits per heavy atom. The Labute approximate surface area is 251 Å². The van der Waals surface area contributed by atoms with Crippen molar-refractivity contribution < 1.29 is 0 Å². The summed E-state index contributed by atoms with van der Waals surface area (Å²) < 4.78 is 2.49. The highest BCUT2D eigenvalue weighted by Crippen LogP contribution is 2.53. The molecule has 0 aliphatic heterocycles. The molecule has 0 unspecified atom stereocenters. The molecule has 1 nitrogen and oxygen atoms in total. The van der Waals surface area contributed by atoms with E-state index in [0.29, 0.717) is 0 Å². The number of nitrogens with zero attached hydrogens (tertiary/aromatic N) is 1. The summed E-state index contributed by atoms with van der Waals surface area (Å²) in [5, 5.41) is 7.87. The van der Waals surface area contributed by atoms with Crippen LogP contribution in [0.3, 0.4) is 0 Å². The van der Waals surface area contributed by atoms with Crippen molar-refractivity contribution in [3.05, 3.63) is 156 Å². The minimum absolute atomic E-state index is 0.0754. The Kier molecular flexibility index (Phi) is 5.08. The molecule has 0 atom stereocenters. The molecule has 0 N–H and O–H groups in total. The molecule has 0 amide bonds. The van der Waals surface area contributed by atoms with Crippen LogP contribution in [-0.4, -0.2) is 4.57 Å². The highest BCUT2D eigenvalue weighted by molar-refractivity contribution is 6.26. The quantitative estimate of drug-likeness (QED) is 0.202. The van der Waals surface area contributed by atoms with Gasteiger partial charge in [0, 0.05) is 27.4 Å². The molecule has 6 aromatic carbocycles. The molecule has 1 heterocycles. The fourth-order valence-electron chi connectivity index (χ4n) is 7.67. The number of fused-ring (bicyclic) bond motifs is 7. The van der Waals surface area contributed by atoms with Crippen LogP contribution in [0.15, 0.2) is 140 Å². The average molecular weight is 550 g/mol. The van der Waals surface area contributed by atoms with E-state index in [1.807, 2.05) is 0 Å². The van der Waals surface area contributed by atoms with Crippen molar-refractivity contribution in [3.63, 3.8) is 0 Å². The zero-order valence-electron chi connectivity index (χ0n) is 24.4. The Balaban J connectivity index is 1.43. The molecule has 0 saturated carbocycles. The van der Waals surface area contributed by atoms with Crippen molar-refractivity contribution in [2.24, 2.45) is 0 Å². The van der Waals surface area contributed by atoms with Crippen LogP contribution in [0.4, 0.5) is 0 Å². The molecule has 0 bridgehead atoms. The van der Waals surface area contributed by atoms with E-state index in [2.05, 4.69) is 158 Å². The van der Waals surface area contributed by atoms with Crippen LogP contribution in [0.25, 0.3) is 65.7 Å². The third-order valence-electron chi connectivity index (χ3n) is 9.74. The maximum Gasteiger partial charge on any atom is 0.0553 e. The Morgan fingerprint density at radius 2 is 1.35 bits per heavy atom. The maximum atomic E-state index is 2.49. The standard InChI is InChI=1S/C42H31N/c1-42(2)35-18-10-9-17-33(35)41-39-31(16-11-19-36(39)42)26-38-40(41)34-24-29-14-7-8-15-30(29)25-37(34)43(38)32-22-20-28(21-23-32)27-12-5-3-4-6-13-27/h3,5-26H,4H2,1-2H3. The first kappa shape index (κ1) is 24.5. The van der Waals surface area contributed by atoms with Crippen LogP contribution in [0.2, 0.25) is 0 Å². The Morgan fingerprint density at radius 1 is 0.628 bits per heavy atom. The summed E-state index contributed by atoms with van der Waals surface area (Å²) in [5.41, 5.74) is 11.6. The van der Waals surface area contributed by atoms with Gasteiger partial charge in [-0.15, -0.1) is 0 Å². The van der Waals surface area contributed by atoms with Crippen molar-refractivity contribution in [1.29, 1.82) is 0 Å². The number of allylic oxidation sites excluding steroid dienone is 6. The molecule has 2 aliphatic carbocycles. The van der Waals surface area contributed by atoms with Gasteiger partial charge in [0.2, 0.25) is 0 Å². The zero-order valence-corrected chi connectivity index (χ0v) is 24.4. The molecular formula is C42H31N. The van der Waals surface area contributed by atoms with Crippen molar-refractivity contribution >= 4 is 48.9 Å². The summed E-state index contributed by atoms with van der Waals surface area (Å²) in [4.78, 5) is 0. The lowest BCUT2D eigenvalue weighted by molar-refractivity contribution is 0.645. The summed E-state index contributed by atoms with van der Waals surface area (Å²) in [6, 6.07) is 41.0. The van der Waals surface area contributed by atoms with Gasteiger partial charge in [-0.25, -0.2) is 0 Å². The van der Waals surface area contributed by atoms with Gasteiger partial charge < -0.3 is 4.57 Å². The molecule has 204 valence electrons. The lowest BCUT2D eigenvalue weighted by Crippen LogP contribution is -2.23. The van der Waals surface area contributed by atoms with E-state index in [0.717, 1.165) is 6.42 Å². The van der Waals surface area contributed by atoms with Crippen LogP contribution < -0.4 is 0 Å². The van der Waals surface area contributed by atoms with Crippen LogP contribution in [-0.2, 0) is 5.41 Å². The van der Waals surface area contributed by atoms with Gasteiger partial charge in [-0.05, 0) is 86.1 Å². The second kappa shape index (κ2) is 8.93. The van der Waals surface area contributed by atoms with E-state index < -0.39 is 0 Å². The number of hydrogen-bond donors (Lipinski definition) is 0. The Hall–Kier alpha value is -5.14. The number of rotatable bonds is 2. The van der Waals surface area contributed by atoms with Crippen LogP contribution >= 0.6 is 0 Å². The molecule has 2 aliphatic rings. The number of aromatic nitrogens is 1. The molecule has 1 heteroatoms. The molecule has 9 rings (SSSR count). The average Bonchev–Trinajstić information content (AvgIpc) is 3.17. The minimum Gasteiger partial charge on any atom is -0.309 e. The van der Waals surface area contributed by atoms with Crippen LogP contribution in [0.1, 0.15) is 37.0 Å². The third kappa shape index (κ3) is 3.46. The smallest absolute Gasteiger partial charge is 0.0553 e. The van der Waals surface area contributed by atoms with E-state index in [-0.39, 0.29) is 5.41 Å². The van der Waals surface area contributed by atoms with Gasteiger partial charge in [0.05, 0.1) is 11.0 Å². The fourth-order valence-corrected chi connectivity index (χ4v) is 7.67. The first-order chi connectivity index (χ1) is 21.1. The summed E-state index contributed by atoms with van der Waals surface area (Å²) in [5.74, 6) is 0. The van der Waals surface area contributed by atoms with Crippen molar-refractivity contribution in [1.82, 2.24) is 4.57 Å². The molecule has 0 fully saturated rings. The molecule has 0 saturated heterocycles. The predicted octanol–water partition coefficient (Wildman–Crippen LogP) is 11.3. The van der Waals surface area contributed by atoms with Crippen LogP contribution in [0, 0.1) is 0 Å². The molecule has 7 aromatic rings. The predicted molar refractivity (Wildman–Crippen MR) is 184 cm³/mol. The van der Waals surface area contributed by atoms with Crippen molar-refractivity contribution in [3.8, 4) is 16.8 Å². The summed E-state index contributed by atoms with van der Waals surface area (Å²) >= 11 is 0. The molecule has 43 heavy (non-hydrogen) atoms. The van der Waals surface area contributed by atoms with Crippen LogP contribution in [0.5, 0.6) is 0 Å². The van der Waals surface area contributed by atoms with E-state index in [1.165, 1.54) is 82.4 Å². The molecule has 0 radical (unpaired) electrons. The zero-order chi connectivity index (χ0) is 28.7. The maximum absolute atomic E-state index is 2.49. The van der Waals surface area contributed by atoms with Gasteiger partial charge in [0.25, 0.3) is 0 Å². The lowest BCUT2D eigenvalue weighted by atomic mass is 9.68. The van der Waals surface area contributed by atoms with Gasteiger partial charge in [0.1, 0.15) is 0 Å². The highest BCUT2D eigenvalue weighted by Gasteiger charge is 2.35. The molecular weight excluding hydrogens is 518 g/mol. The van der Waals surface area contributed by atoms with Gasteiger partial charge in [-0.3, -0.25) is 0 Å². The topological polar surface area (TPSA) is 4.93 Å². The number of hydrogen-bond acceptors (Lipinski definition) is 0. The normalized spacial score (nSPS) is 15.3. The Bertz CT molecular complexity index is 2370. The SMILES string of the molecule is CC1(C)c2ccccc2-c2c3c1cccc3cc1c2c2cc3ccccc3cc2n1-c1ccc(C2=CC=CCC=C2)cc1. The highest BCUT2D eigenvalue weighted by atomic mass is 15.0. The fraction of sp³-hybridized carbons (Fsp3) is 0.0952. The van der Waals surface area contributed by atoms with E-state index in [4.69, 9.17) is 0 Å². The lowest BCUT2D eigenvalue weighted by Gasteiger charge is -2.35. The van der Waals surface area contributed by atoms with Crippen molar-refractivity contribution in [2.45, 2.75) is 25.7 Å². The van der Waals surface area contributed by atoms with Gasteiger partial charge in [-0.2, -0.15) is 0 Å². The second-order valence-electron chi connectivity index (χ2n) is 12.5. The number of benzene rings is 6. The summed E-state index contributed by atoms with van der Waals surface area (Å²) in [6.45, 7) is 4.75. The third-order valence-corrected chi connectivity index (χ3v) is 9.74. The van der Waals surface area contributed by atoms with E-state index >= 15 is 0 Å². The molecule has 1 aromatic heterocycles. The van der Waals surface area contributed by atoms with Gasteiger partial charge in [-0.1, -0.05) is 123 Å². The first-order valence-corrected chi connectivity index (χ1v) is 15.3. The molecule has 0 spiro atoms. The first-order valence-electron chi connectivity index (χ1n) is 15.3. The second-order valence-corrected chi connectivity index (χ2v) is 12.5. The van der Waals surface area contributed by atoms with Crippen molar-refractivity contribution in [2.75, 3.05) is 0 Å². The van der Waals surface area contributed by atoms with Gasteiger partial charge >= 0.3 is 0 Å². The monoisotopic (exact) mass is 549 g/mol. The van der Waals surface area contributed by atoms with Gasteiger partial charge in [0.15, 0.2) is 0 Å². The van der Waals surface area contributed by atoms with E-state index in [9.17, 15) is 0 Å².